The van der Waals surface area contributed by atoms with Crippen LogP contribution in [0.15, 0.2) is 6.07 Å². The molecule has 1 aromatic heterocycles. The van der Waals surface area contributed by atoms with E-state index in [-0.39, 0.29) is 5.97 Å². The molecule has 1 aromatic rings. The molecule has 2 rings (SSSR count). The second-order valence-electron chi connectivity index (χ2n) is 5.85. The molecule has 1 heterocycles. The van der Waals surface area contributed by atoms with Crippen molar-refractivity contribution in [2.75, 3.05) is 7.11 Å². The fourth-order valence-corrected chi connectivity index (χ4v) is 2.62. The summed E-state index contributed by atoms with van der Waals surface area (Å²) >= 11 is 0. The van der Waals surface area contributed by atoms with Crippen molar-refractivity contribution >= 4 is 5.97 Å². The topological polar surface area (TPSA) is 52.1 Å². The van der Waals surface area contributed by atoms with Gasteiger partial charge in [-0.2, -0.15) is 0 Å². The van der Waals surface area contributed by atoms with Crippen LogP contribution in [-0.2, 0) is 21.4 Å². The molecule has 0 saturated heterocycles. The van der Waals surface area contributed by atoms with Gasteiger partial charge in [0, 0.05) is 11.4 Å². The predicted molar refractivity (Wildman–Crippen MR) is 72.9 cm³/mol. The number of ether oxygens (including phenoxy) is 1. The van der Waals surface area contributed by atoms with Crippen molar-refractivity contribution in [2.45, 2.75) is 51.9 Å². The van der Waals surface area contributed by atoms with E-state index >= 15 is 0 Å². The van der Waals surface area contributed by atoms with E-state index in [1.807, 2.05) is 13.0 Å². The van der Waals surface area contributed by atoms with Gasteiger partial charge in [-0.15, -0.1) is 0 Å². The Kier molecular flexibility index (Phi) is 3.88. The molecule has 0 N–H and O–H groups in total. The number of rotatable bonds is 4. The second kappa shape index (κ2) is 5.27. The summed E-state index contributed by atoms with van der Waals surface area (Å²) in [4.78, 5) is 21.2. The molecule has 0 spiro atoms. The zero-order valence-corrected chi connectivity index (χ0v) is 12.2. The maximum Gasteiger partial charge on any atom is 0.319 e. The Hall–Kier alpha value is -1.45. The zero-order chi connectivity index (χ0) is 14.0. The van der Waals surface area contributed by atoms with E-state index in [1.54, 1.807) is 0 Å². The van der Waals surface area contributed by atoms with Crippen LogP contribution in [0.25, 0.3) is 0 Å². The van der Waals surface area contributed by atoms with Gasteiger partial charge in [-0.3, -0.25) is 4.79 Å². The van der Waals surface area contributed by atoms with E-state index < -0.39 is 5.41 Å². The molecular formula is C15H22N2O2. The number of methoxy groups -OCH3 is 1. The van der Waals surface area contributed by atoms with Crippen LogP contribution in [0.4, 0.5) is 0 Å². The summed E-state index contributed by atoms with van der Waals surface area (Å²) in [6.45, 7) is 6.28. The average molecular weight is 262 g/mol. The van der Waals surface area contributed by atoms with E-state index in [0.29, 0.717) is 11.7 Å². The van der Waals surface area contributed by atoms with Gasteiger partial charge in [0.1, 0.15) is 11.2 Å². The van der Waals surface area contributed by atoms with Crippen LogP contribution in [0, 0.1) is 12.8 Å². The summed E-state index contributed by atoms with van der Waals surface area (Å²) in [5, 5.41) is 0. The van der Waals surface area contributed by atoms with Crippen LogP contribution < -0.4 is 0 Å². The molecule has 1 saturated carbocycles. The molecule has 1 aliphatic rings. The normalized spacial score (nSPS) is 17.1. The summed E-state index contributed by atoms with van der Waals surface area (Å²) in [6, 6.07) is 2.01. The summed E-state index contributed by atoms with van der Waals surface area (Å²) in [6.07, 6.45) is 3.54. The molecule has 0 radical (unpaired) electrons. The number of esters is 1. The van der Waals surface area contributed by atoms with Crippen LogP contribution >= 0.6 is 0 Å². The summed E-state index contributed by atoms with van der Waals surface area (Å²) < 4.78 is 4.95. The SMILES string of the molecule is COC(=O)C1(c2nc(C)cc(CC(C)C)n2)CCC1. The molecule has 0 unspecified atom stereocenters. The van der Waals surface area contributed by atoms with Gasteiger partial charge in [-0.05, 0) is 38.2 Å². The quantitative estimate of drug-likeness (QED) is 0.783. The Balaban J connectivity index is 2.38. The molecule has 4 heteroatoms. The van der Waals surface area contributed by atoms with Crippen molar-refractivity contribution in [1.82, 2.24) is 9.97 Å². The maximum atomic E-state index is 12.1. The lowest BCUT2D eigenvalue weighted by Crippen LogP contribution is -2.45. The number of aryl methyl sites for hydroxylation is 1. The predicted octanol–water partition coefficient (Wildman–Crippen LogP) is 2.58. The van der Waals surface area contributed by atoms with Gasteiger partial charge in [-0.25, -0.2) is 9.97 Å². The van der Waals surface area contributed by atoms with E-state index in [9.17, 15) is 4.79 Å². The van der Waals surface area contributed by atoms with Crippen LogP contribution in [0.5, 0.6) is 0 Å². The van der Waals surface area contributed by atoms with E-state index in [4.69, 9.17) is 4.74 Å². The molecule has 4 nitrogen and oxygen atoms in total. The largest absolute Gasteiger partial charge is 0.468 e. The lowest BCUT2D eigenvalue weighted by Gasteiger charge is -2.37. The van der Waals surface area contributed by atoms with Gasteiger partial charge in [0.05, 0.1) is 7.11 Å². The Morgan fingerprint density at radius 1 is 1.42 bits per heavy atom. The lowest BCUT2D eigenvalue weighted by atomic mass is 9.68. The number of carbonyl (C=O) groups is 1. The minimum atomic E-state index is -0.591. The summed E-state index contributed by atoms with van der Waals surface area (Å²) in [5.74, 6) is 0.999. The molecule has 1 fully saturated rings. The highest BCUT2D eigenvalue weighted by molar-refractivity contribution is 5.83. The zero-order valence-electron chi connectivity index (χ0n) is 12.2. The van der Waals surface area contributed by atoms with Gasteiger partial charge in [0.2, 0.25) is 0 Å². The molecule has 19 heavy (non-hydrogen) atoms. The number of hydrogen-bond acceptors (Lipinski definition) is 4. The number of hydrogen-bond donors (Lipinski definition) is 0. The molecule has 0 bridgehead atoms. The minimum Gasteiger partial charge on any atom is -0.468 e. The fourth-order valence-electron chi connectivity index (χ4n) is 2.62. The molecular weight excluding hydrogens is 240 g/mol. The highest BCUT2D eigenvalue weighted by Crippen LogP contribution is 2.43. The van der Waals surface area contributed by atoms with Crippen LogP contribution in [0.3, 0.4) is 0 Å². The van der Waals surface area contributed by atoms with Crippen molar-refractivity contribution in [3.05, 3.63) is 23.3 Å². The number of carbonyl (C=O) groups excluding carboxylic acids is 1. The van der Waals surface area contributed by atoms with Crippen LogP contribution in [-0.4, -0.2) is 23.0 Å². The standard InChI is InChI=1S/C15H22N2O2/c1-10(2)8-12-9-11(3)16-13(17-12)15(6-5-7-15)14(18)19-4/h9-10H,5-8H2,1-4H3. The first kappa shape index (κ1) is 14.0. The van der Waals surface area contributed by atoms with Gasteiger partial charge in [-0.1, -0.05) is 20.3 Å². The Bertz CT molecular complexity index is 479. The van der Waals surface area contributed by atoms with Crippen molar-refractivity contribution in [2.24, 2.45) is 5.92 Å². The monoisotopic (exact) mass is 262 g/mol. The second-order valence-corrected chi connectivity index (χ2v) is 5.85. The van der Waals surface area contributed by atoms with Crippen molar-refractivity contribution < 1.29 is 9.53 Å². The molecule has 0 aliphatic heterocycles. The molecule has 0 aromatic carbocycles. The first-order chi connectivity index (χ1) is 8.98. The molecule has 0 atom stereocenters. The smallest absolute Gasteiger partial charge is 0.319 e. The third kappa shape index (κ3) is 2.62. The third-order valence-electron chi connectivity index (χ3n) is 3.74. The third-order valence-corrected chi connectivity index (χ3v) is 3.74. The Morgan fingerprint density at radius 2 is 2.11 bits per heavy atom. The fraction of sp³-hybridized carbons (Fsp3) is 0.667. The van der Waals surface area contributed by atoms with Crippen molar-refractivity contribution in [3.63, 3.8) is 0 Å². The van der Waals surface area contributed by atoms with Crippen LogP contribution in [0.2, 0.25) is 0 Å². The van der Waals surface area contributed by atoms with Gasteiger partial charge < -0.3 is 4.74 Å². The van der Waals surface area contributed by atoms with Crippen molar-refractivity contribution in [3.8, 4) is 0 Å². The maximum absolute atomic E-state index is 12.1. The van der Waals surface area contributed by atoms with Gasteiger partial charge in [0.15, 0.2) is 0 Å². The van der Waals surface area contributed by atoms with Crippen LogP contribution in [0.1, 0.15) is 50.3 Å². The molecule has 1 aliphatic carbocycles. The number of nitrogens with zero attached hydrogens (tertiary/aromatic N) is 2. The van der Waals surface area contributed by atoms with E-state index in [1.165, 1.54) is 7.11 Å². The number of aromatic nitrogens is 2. The van der Waals surface area contributed by atoms with Crippen molar-refractivity contribution in [1.29, 1.82) is 0 Å². The minimum absolute atomic E-state index is 0.195. The first-order valence-corrected chi connectivity index (χ1v) is 6.91. The first-order valence-electron chi connectivity index (χ1n) is 6.91. The van der Waals surface area contributed by atoms with Gasteiger partial charge >= 0.3 is 5.97 Å². The summed E-state index contributed by atoms with van der Waals surface area (Å²) in [5.41, 5.74) is 1.36. The highest BCUT2D eigenvalue weighted by Gasteiger charge is 2.49. The highest BCUT2D eigenvalue weighted by atomic mass is 16.5. The average Bonchev–Trinajstić information content (AvgIpc) is 2.25. The Labute approximate surface area is 114 Å². The van der Waals surface area contributed by atoms with E-state index in [2.05, 4.69) is 23.8 Å². The molecule has 104 valence electrons. The van der Waals surface area contributed by atoms with Gasteiger partial charge in [0.25, 0.3) is 0 Å². The Morgan fingerprint density at radius 3 is 2.58 bits per heavy atom. The summed E-state index contributed by atoms with van der Waals surface area (Å²) in [7, 11) is 1.44. The molecule has 0 amide bonds. The van der Waals surface area contributed by atoms with E-state index in [0.717, 1.165) is 37.1 Å². The lowest BCUT2D eigenvalue weighted by molar-refractivity contribution is -0.151.